The maximum Gasteiger partial charge on any atom is 0.521 e. The van der Waals surface area contributed by atoms with Crippen LogP contribution >= 0.6 is 15.6 Å². The average Bonchev–Trinajstić information content (AvgIpc) is 2.18. The topological polar surface area (TPSA) is 86.8 Å². The van der Waals surface area contributed by atoms with E-state index in [1.807, 2.05) is 0 Å². The first-order chi connectivity index (χ1) is 8.07. The second-order valence-electron chi connectivity index (χ2n) is 3.83. The van der Waals surface area contributed by atoms with Gasteiger partial charge in [-0.05, 0) is 23.3 Å². The zero-order valence-corrected chi connectivity index (χ0v) is 10.7. The van der Waals surface area contributed by atoms with Crippen molar-refractivity contribution in [2.24, 2.45) is 0 Å². The van der Waals surface area contributed by atoms with Crippen molar-refractivity contribution in [3.63, 3.8) is 0 Å². The molecule has 5 aliphatic rings. The molecule has 0 saturated carbocycles. The quantitative estimate of drug-likeness (QED) is 0.621. The fraction of sp³-hybridized carbons (Fsp3) is 1.00. The van der Waals surface area contributed by atoms with Gasteiger partial charge in [-0.3, -0.25) is 0 Å². The Kier molecular flexibility index (Phi) is 3.15. The zero-order chi connectivity index (χ0) is 11.9. The van der Waals surface area contributed by atoms with E-state index in [2.05, 4.69) is 4.31 Å². The standard InChI is InChI=1S/C6H12N2O7P2/c9-16-11-7(12-16)5-3-1-2-4-6-8-13-17(10,14-8)15-16/h1-6H2. The Morgan fingerprint density at radius 2 is 1.12 bits per heavy atom. The molecule has 0 amide bonds. The van der Waals surface area contributed by atoms with Gasteiger partial charge in [0, 0.05) is 0 Å². The molecule has 11 heteroatoms. The van der Waals surface area contributed by atoms with Crippen LogP contribution in [-0.2, 0) is 31.9 Å². The third-order valence-corrected chi connectivity index (χ3v) is 5.52. The molecule has 0 atom stereocenters. The molecule has 98 valence electrons. The van der Waals surface area contributed by atoms with Crippen molar-refractivity contribution < 1.29 is 31.9 Å². The lowest BCUT2D eigenvalue weighted by Gasteiger charge is -2.39. The number of rotatable bonds is 0. The molecule has 0 aromatic rings. The van der Waals surface area contributed by atoms with Crippen LogP contribution in [0.25, 0.3) is 0 Å². The smallest absolute Gasteiger partial charge is 0.224 e. The van der Waals surface area contributed by atoms with Gasteiger partial charge in [0.25, 0.3) is 0 Å². The minimum absolute atomic E-state index is 0.489. The van der Waals surface area contributed by atoms with Crippen LogP contribution in [0.2, 0.25) is 0 Å². The van der Waals surface area contributed by atoms with Gasteiger partial charge in [0.05, 0.1) is 13.1 Å². The molecule has 5 aliphatic heterocycles. The molecule has 0 unspecified atom stereocenters. The number of hydrogen-bond acceptors (Lipinski definition) is 9. The molecule has 5 saturated heterocycles. The summed E-state index contributed by atoms with van der Waals surface area (Å²) < 4.78 is 47.0. The molecule has 4 bridgehead atoms. The zero-order valence-electron chi connectivity index (χ0n) is 8.89. The highest BCUT2D eigenvalue weighted by atomic mass is 31.3. The Labute approximate surface area is 97.5 Å². The Morgan fingerprint density at radius 1 is 0.706 bits per heavy atom. The van der Waals surface area contributed by atoms with E-state index in [1.165, 1.54) is 0 Å². The SMILES string of the molecule is O=P12ON(CCCCCCN3OP(=O)(O3)O1)O2. The van der Waals surface area contributed by atoms with Crippen molar-refractivity contribution in [2.45, 2.75) is 25.7 Å². The summed E-state index contributed by atoms with van der Waals surface area (Å²) in [6, 6.07) is 0. The van der Waals surface area contributed by atoms with Crippen molar-refractivity contribution in [3.05, 3.63) is 0 Å². The number of phosphoric acid groups is 2. The highest BCUT2D eigenvalue weighted by Gasteiger charge is 2.57. The van der Waals surface area contributed by atoms with E-state index >= 15 is 0 Å². The monoisotopic (exact) mass is 286 g/mol. The normalized spacial score (nSPS) is 51.1. The maximum absolute atomic E-state index is 11.6. The second-order valence-corrected chi connectivity index (χ2v) is 6.92. The molecule has 0 aromatic carbocycles. The lowest BCUT2D eigenvalue weighted by Crippen LogP contribution is -2.37. The van der Waals surface area contributed by atoms with Gasteiger partial charge in [0.1, 0.15) is 0 Å². The van der Waals surface area contributed by atoms with Gasteiger partial charge in [-0.2, -0.15) is 22.8 Å². The van der Waals surface area contributed by atoms with Gasteiger partial charge in [0.2, 0.25) is 0 Å². The van der Waals surface area contributed by atoms with Crippen molar-refractivity contribution in [3.8, 4) is 0 Å². The number of nitrogens with zero attached hydrogens (tertiary/aromatic N) is 2. The molecule has 0 N–H and O–H groups in total. The van der Waals surface area contributed by atoms with Crippen LogP contribution in [0, 0.1) is 0 Å². The van der Waals surface area contributed by atoms with Crippen LogP contribution < -0.4 is 0 Å². The molecule has 5 rings (SSSR count). The van der Waals surface area contributed by atoms with Crippen LogP contribution in [0.4, 0.5) is 0 Å². The van der Waals surface area contributed by atoms with Gasteiger partial charge in [-0.25, -0.2) is 9.13 Å². The molecule has 5 fully saturated rings. The minimum Gasteiger partial charge on any atom is -0.224 e. The summed E-state index contributed by atoms with van der Waals surface area (Å²) >= 11 is 0. The molecule has 0 aromatic heterocycles. The van der Waals surface area contributed by atoms with Crippen molar-refractivity contribution in [2.75, 3.05) is 13.1 Å². The van der Waals surface area contributed by atoms with Gasteiger partial charge in [-0.1, -0.05) is 12.8 Å². The molecular weight excluding hydrogens is 274 g/mol. The largest absolute Gasteiger partial charge is 0.521 e. The lowest BCUT2D eigenvalue weighted by atomic mass is 10.2. The van der Waals surface area contributed by atoms with E-state index in [0.717, 1.165) is 36.1 Å². The molecule has 0 spiro atoms. The first-order valence-corrected chi connectivity index (χ1v) is 8.24. The van der Waals surface area contributed by atoms with Crippen molar-refractivity contribution >= 4 is 15.6 Å². The predicted octanol–water partition coefficient (Wildman–Crippen LogP) is 2.15. The van der Waals surface area contributed by atoms with Crippen LogP contribution in [-0.4, -0.2) is 23.5 Å². The van der Waals surface area contributed by atoms with Crippen LogP contribution in [0.5, 0.6) is 0 Å². The fourth-order valence-electron chi connectivity index (χ4n) is 1.64. The summed E-state index contributed by atoms with van der Waals surface area (Å²) in [5.41, 5.74) is 0. The van der Waals surface area contributed by atoms with Gasteiger partial charge >= 0.3 is 15.6 Å². The molecule has 0 aliphatic carbocycles. The van der Waals surface area contributed by atoms with Crippen molar-refractivity contribution in [1.82, 2.24) is 10.5 Å². The third kappa shape index (κ3) is 2.63. The Hall–Kier alpha value is 0.180. The molecule has 0 radical (unpaired) electrons. The Bertz CT molecular complexity index is 348. The van der Waals surface area contributed by atoms with E-state index < -0.39 is 15.6 Å². The van der Waals surface area contributed by atoms with E-state index in [9.17, 15) is 9.13 Å². The summed E-state index contributed by atoms with van der Waals surface area (Å²) in [6.07, 6.45) is 3.64. The van der Waals surface area contributed by atoms with Gasteiger partial charge in [0.15, 0.2) is 0 Å². The third-order valence-electron chi connectivity index (χ3n) is 2.40. The fourth-order valence-corrected chi connectivity index (χ4v) is 4.34. The molecule has 17 heavy (non-hydrogen) atoms. The summed E-state index contributed by atoms with van der Waals surface area (Å²) in [5, 5.41) is 2.12. The summed E-state index contributed by atoms with van der Waals surface area (Å²) in [6.45, 7) is 0.978. The maximum atomic E-state index is 11.6. The van der Waals surface area contributed by atoms with Gasteiger partial charge < -0.3 is 0 Å². The lowest BCUT2D eigenvalue weighted by molar-refractivity contribution is -0.366. The van der Waals surface area contributed by atoms with Crippen LogP contribution in [0.3, 0.4) is 0 Å². The summed E-state index contributed by atoms with van der Waals surface area (Å²) in [7, 11) is -7.61. The number of hydrogen-bond donors (Lipinski definition) is 0. The van der Waals surface area contributed by atoms with Crippen LogP contribution in [0.15, 0.2) is 0 Å². The molecular formula is C6H12N2O7P2. The first kappa shape index (κ1) is 12.2. The van der Waals surface area contributed by atoms with Gasteiger partial charge in [-0.15, -0.1) is 0 Å². The van der Waals surface area contributed by atoms with Crippen LogP contribution in [0.1, 0.15) is 25.7 Å². The average molecular weight is 286 g/mol. The summed E-state index contributed by atoms with van der Waals surface area (Å²) in [4.78, 5) is 0. The Balaban J connectivity index is 1.65. The van der Waals surface area contributed by atoms with E-state index in [-0.39, 0.29) is 0 Å². The van der Waals surface area contributed by atoms with E-state index in [1.54, 1.807) is 0 Å². The first-order valence-electron chi connectivity index (χ1n) is 5.32. The summed E-state index contributed by atoms with van der Waals surface area (Å²) in [5.74, 6) is 0. The van der Waals surface area contributed by atoms with E-state index in [4.69, 9.17) is 18.5 Å². The second kappa shape index (κ2) is 4.38. The highest BCUT2D eigenvalue weighted by molar-refractivity contribution is 7.62. The van der Waals surface area contributed by atoms with Crippen molar-refractivity contribution in [1.29, 1.82) is 0 Å². The predicted molar refractivity (Wildman–Crippen MR) is 52.5 cm³/mol. The van der Waals surface area contributed by atoms with E-state index in [0.29, 0.717) is 13.1 Å². The molecule has 5 heterocycles. The molecule has 9 nitrogen and oxygen atoms in total. The highest BCUT2D eigenvalue weighted by Crippen LogP contribution is 2.74. The minimum atomic E-state index is -3.81. The Morgan fingerprint density at radius 3 is 1.53 bits per heavy atom. The number of hydroxylamine groups is 4.